The zero-order chi connectivity index (χ0) is 24.2. The Morgan fingerprint density at radius 2 is 1.97 bits per heavy atom. The fourth-order valence-electron chi connectivity index (χ4n) is 3.65. The SMILES string of the molecule is COc1cc(/C=C(/C#N)c2nc3ccc(C)cc3[nH]2)cc([N+](=O)[O-])c1OCc1cccc(C)c1. The lowest BCUT2D eigenvalue weighted by Gasteiger charge is -2.12. The van der Waals surface area contributed by atoms with E-state index in [2.05, 4.69) is 16.0 Å². The molecular weight excluding hydrogens is 432 g/mol. The van der Waals surface area contributed by atoms with Crippen LogP contribution in [0.15, 0.2) is 54.6 Å². The smallest absolute Gasteiger partial charge is 0.315 e. The summed E-state index contributed by atoms with van der Waals surface area (Å²) in [5, 5.41) is 21.6. The lowest BCUT2D eigenvalue weighted by atomic mass is 10.1. The van der Waals surface area contributed by atoms with Gasteiger partial charge in [-0.3, -0.25) is 10.1 Å². The van der Waals surface area contributed by atoms with Crippen LogP contribution in [-0.4, -0.2) is 22.0 Å². The molecule has 0 atom stereocenters. The number of imidazole rings is 1. The lowest BCUT2D eigenvalue weighted by molar-refractivity contribution is -0.386. The number of rotatable bonds is 7. The Balaban J connectivity index is 1.72. The summed E-state index contributed by atoms with van der Waals surface area (Å²) in [5.41, 5.74) is 4.94. The summed E-state index contributed by atoms with van der Waals surface area (Å²) < 4.78 is 11.2. The highest BCUT2D eigenvalue weighted by Gasteiger charge is 2.23. The minimum atomic E-state index is -0.526. The van der Waals surface area contributed by atoms with Gasteiger partial charge in [0.2, 0.25) is 5.75 Å². The van der Waals surface area contributed by atoms with Crippen molar-refractivity contribution >= 4 is 28.4 Å². The highest BCUT2D eigenvalue weighted by Crippen LogP contribution is 2.39. The second kappa shape index (κ2) is 9.46. The summed E-state index contributed by atoms with van der Waals surface area (Å²) in [5.74, 6) is 0.610. The molecule has 0 saturated heterocycles. The minimum absolute atomic E-state index is 0.0314. The number of ether oxygens (including phenoxy) is 2. The molecule has 4 aromatic rings. The van der Waals surface area contributed by atoms with Gasteiger partial charge in [-0.1, -0.05) is 35.9 Å². The van der Waals surface area contributed by atoms with Crippen LogP contribution in [0, 0.1) is 35.3 Å². The monoisotopic (exact) mass is 454 g/mol. The third-order valence-electron chi connectivity index (χ3n) is 5.26. The van der Waals surface area contributed by atoms with Gasteiger partial charge in [-0.25, -0.2) is 4.98 Å². The summed E-state index contributed by atoms with van der Waals surface area (Å²) in [4.78, 5) is 18.9. The standard InChI is InChI=1S/C26H22N4O4/c1-16-5-4-6-18(9-16)15-34-25-23(30(31)32)12-19(13-24(25)33-3)11-20(14-27)26-28-21-8-7-17(2)10-22(21)29-26/h4-13H,15H2,1-3H3,(H,28,29)/b20-11-. The van der Waals surface area contributed by atoms with Crippen LogP contribution < -0.4 is 9.47 Å². The van der Waals surface area contributed by atoms with Crippen molar-refractivity contribution in [2.45, 2.75) is 20.5 Å². The van der Waals surface area contributed by atoms with Gasteiger partial charge in [0, 0.05) is 6.07 Å². The first-order valence-electron chi connectivity index (χ1n) is 10.5. The number of nitrogens with one attached hydrogen (secondary N) is 1. The van der Waals surface area contributed by atoms with Gasteiger partial charge in [0.05, 0.1) is 28.6 Å². The van der Waals surface area contributed by atoms with Crippen molar-refractivity contribution in [2.75, 3.05) is 7.11 Å². The van der Waals surface area contributed by atoms with E-state index in [4.69, 9.17) is 9.47 Å². The van der Waals surface area contributed by atoms with E-state index < -0.39 is 4.92 Å². The zero-order valence-corrected chi connectivity index (χ0v) is 19.0. The first-order chi connectivity index (χ1) is 16.4. The first-order valence-corrected chi connectivity index (χ1v) is 10.5. The van der Waals surface area contributed by atoms with E-state index in [0.717, 1.165) is 27.7 Å². The number of methoxy groups -OCH3 is 1. The van der Waals surface area contributed by atoms with Crippen molar-refractivity contribution < 1.29 is 14.4 Å². The fourth-order valence-corrected chi connectivity index (χ4v) is 3.65. The third-order valence-corrected chi connectivity index (χ3v) is 5.26. The Morgan fingerprint density at radius 1 is 1.18 bits per heavy atom. The van der Waals surface area contributed by atoms with Gasteiger partial charge < -0.3 is 14.5 Å². The number of allylic oxidation sites excluding steroid dienone is 1. The van der Waals surface area contributed by atoms with E-state index in [1.54, 1.807) is 6.07 Å². The summed E-state index contributed by atoms with van der Waals surface area (Å²) in [7, 11) is 1.42. The molecule has 3 aromatic carbocycles. The molecule has 8 nitrogen and oxygen atoms in total. The molecule has 0 spiro atoms. The molecule has 0 aliphatic rings. The molecule has 0 unspecified atom stereocenters. The van der Waals surface area contributed by atoms with E-state index in [-0.39, 0.29) is 29.4 Å². The maximum absolute atomic E-state index is 11.8. The van der Waals surface area contributed by atoms with E-state index in [0.29, 0.717) is 11.4 Å². The average molecular weight is 454 g/mol. The number of H-pyrrole nitrogens is 1. The van der Waals surface area contributed by atoms with Crippen LogP contribution in [0.5, 0.6) is 11.5 Å². The number of benzene rings is 3. The molecule has 0 aliphatic heterocycles. The maximum Gasteiger partial charge on any atom is 0.315 e. The molecule has 1 aromatic heterocycles. The average Bonchev–Trinajstić information content (AvgIpc) is 3.23. The van der Waals surface area contributed by atoms with Crippen LogP contribution in [0.3, 0.4) is 0 Å². The predicted octanol–water partition coefficient (Wildman–Crippen LogP) is 5.74. The molecule has 170 valence electrons. The predicted molar refractivity (Wildman–Crippen MR) is 129 cm³/mol. The molecule has 34 heavy (non-hydrogen) atoms. The van der Waals surface area contributed by atoms with Crippen molar-refractivity contribution in [1.29, 1.82) is 5.26 Å². The van der Waals surface area contributed by atoms with Crippen molar-refractivity contribution in [2.24, 2.45) is 0 Å². The number of aryl methyl sites for hydroxylation is 2. The van der Waals surface area contributed by atoms with Crippen LogP contribution in [0.4, 0.5) is 5.69 Å². The van der Waals surface area contributed by atoms with E-state index in [9.17, 15) is 15.4 Å². The molecule has 0 bridgehead atoms. The summed E-state index contributed by atoms with van der Waals surface area (Å²) in [6.45, 7) is 4.08. The number of hydrogen-bond acceptors (Lipinski definition) is 6. The molecule has 8 heteroatoms. The number of hydrogen-bond donors (Lipinski definition) is 1. The summed E-state index contributed by atoms with van der Waals surface area (Å²) in [6, 6.07) is 18.5. The molecule has 0 aliphatic carbocycles. The molecule has 0 radical (unpaired) electrons. The molecule has 1 N–H and O–H groups in total. The van der Waals surface area contributed by atoms with E-state index >= 15 is 0 Å². The number of aromatic amines is 1. The molecule has 0 saturated carbocycles. The minimum Gasteiger partial charge on any atom is -0.493 e. The van der Waals surface area contributed by atoms with Crippen molar-refractivity contribution in [3.63, 3.8) is 0 Å². The van der Waals surface area contributed by atoms with Gasteiger partial charge in [0.1, 0.15) is 18.5 Å². The highest BCUT2D eigenvalue weighted by molar-refractivity contribution is 5.91. The highest BCUT2D eigenvalue weighted by atomic mass is 16.6. The number of nitriles is 1. The normalized spacial score (nSPS) is 11.3. The Bertz CT molecular complexity index is 1460. The van der Waals surface area contributed by atoms with Crippen LogP contribution in [0.2, 0.25) is 0 Å². The Labute approximate surface area is 196 Å². The first kappa shape index (κ1) is 22.6. The van der Waals surface area contributed by atoms with Gasteiger partial charge in [0.15, 0.2) is 5.75 Å². The number of nitrogens with zero attached hydrogens (tertiary/aromatic N) is 3. The van der Waals surface area contributed by atoms with Gasteiger partial charge in [0.25, 0.3) is 0 Å². The maximum atomic E-state index is 11.8. The Hall–Kier alpha value is -4.64. The topological polar surface area (TPSA) is 114 Å². The van der Waals surface area contributed by atoms with Gasteiger partial charge >= 0.3 is 5.69 Å². The third kappa shape index (κ3) is 4.74. The van der Waals surface area contributed by atoms with Gasteiger partial charge in [-0.15, -0.1) is 0 Å². The van der Waals surface area contributed by atoms with Crippen molar-refractivity contribution in [3.05, 3.63) is 92.8 Å². The van der Waals surface area contributed by atoms with Crippen molar-refractivity contribution in [1.82, 2.24) is 9.97 Å². The zero-order valence-electron chi connectivity index (χ0n) is 19.0. The Morgan fingerprint density at radius 3 is 2.68 bits per heavy atom. The van der Waals surface area contributed by atoms with E-state index in [1.807, 2.05) is 56.3 Å². The van der Waals surface area contributed by atoms with E-state index in [1.165, 1.54) is 19.3 Å². The summed E-state index contributed by atoms with van der Waals surface area (Å²) in [6.07, 6.45) is 1.53. The van der Waals surface area contributed by atoms with Gasteiger partial charge in [-0.05, 0) is 54.8 Å². The molecule has 0 fully saturated rings. The van der Waals surface area contributed by atoms with Crippen molar-refractivity contribution in [3.8, 4) is 17.6 Å². The second-order valence-corrected chi connectivity index (χ2v) is 7.88. The van der Waals surface area contributed by atoms with Crippen LogP contribution in [0.25, 0.3) is 22.7 Å². The summed E-state index contributed by atoms with van der Waals surface area (Å²) >= 11 is 0. The number of nitro benzene ring substituents is 1. The second-order valence-electron chi connectivity index (χ2n) is 7.88. The van der Waals surface area contributed by atoms with Crippen LogP contribution in [-0.2, 0) is 6.61 Å². The quantitative estimate of drug-likeness (QED) is 0.216. The number of nitro groups is 1. The van der Waals surface area contributed by atoms with Gasteiger partial charge in [-0.2, -0.15) is 5.26 Å². The Kier molecular flexibility index (Phi) is 6.28. The largest absolute Gasteiger partial charge is 0.493 e. The molecule has 0 amide bonds. The van der Waals surface area contributed by atoms with Crippen LogP contribution >= 0.6 is 0 Å². The molecule has 1 heterocycles. The number of aromatic nitrogens is 2. The molecular formula is C26H22N4O4. The lowest BCUT2D eigenvalue weighted by Crippen LogP contribution is -2.02. The number of fused-ring (bicyclic) bond motifs is 1. The molecule has 4 rings (SSSR count). The van der Waals surface area contributed by atoms with Crippen LogP contribution in [0.1, 0.15) is 28.1 Å². The fraction of sp³-hybridized carbons (Fsp3) is 0.154.